The van der Waals surface area contributed by atoms with Crippen molar-refractivity contribution in [1.82, 2.24) is 5.32 Å². The number of nitrogen functional groups attached to an aromatic ring is 1. The first kappa shape index (κ1) is 15.8. The fourth-order valence-corrected chi connectivity index (χ4v) is 2.14. The highest BCUT2D eigenvalue weighted by molar-refractivity contribution is 6.01. The molecule has 1 amide bonds. The quantitative estimate of drug-likeness (QED) is 0.658. The van der Waals surface area contributed by atoms with Crippen molar-refractivity contribution in [1.29, 1.82) is 0 Å². The molecular weight excluding hydrogens is 276 g/mol. The predicted molar refractivity (Wildman–Crippen MR) is 88.1 cm³/mol. The summed E-state index contributed by atoms with van der Waals surface area (Å²) in [5, 5.41) is 2.75. The molecule has 114 valence electrons. The lowest BCUT2D eigenvalue weighted by Gasteiger charge is -2.08. The van der Waals surface area contributed by atoms with Crippen LogP contribution in [0.25, 0.3) is 0 Å². The van der Waals surface area contributed by atoms with Crippen molar-refractivity contribution in [2.24, 2.45) is 0 Å². The summed E-state index contributed by atoms with van der Waals surface area (Å²) in [5.41, 5.74) is 9.49. The van der Waals surface area contributed by atoms with E-state index in [-0.39, 0.29) is 18.1 Å². The van der Waals surface area contributed by atoms with E-state index in [9.17, 15) is 9.59 Å². The van der Waals surface area contributed by atoms with Gasteiger partial charge in [0.15, 0.2) is 5.78 Å². The van der Waals surface area contributed by atoms with Crippen molar-refractivity contribution in [3.05, 3.63) is 64.7 Å². The van der Waals surface area contributed by atoms with E-state index in [0.717, 1.165) is 11.1 Å². The number of Topliss-reactive ketones (excluding diaryl/α,β-unsaturated/α-hetero) is 1. The molecule has 0 atom stereocenters. The zero-order chi connectivity index (χ0) is 16.1. The summed E-state index contributed by atoms with van der Waals surface area (Å²) in [7, 11) is 0. The van der Waals surface area contributed by atoms with Crippen LogP contribution >= 0.6 is 0 Å². The van der Waals surface area contributed by atoms with Crippen LogP contribution in [0.3, 0.4) is 0 Å². The molecule has 0 saturated carbocycles. The molecule has 4 nitrogen and oxygen atoms in total. The van der Waals surface area contributed by atoms with E-state index in [1.165, 1.54) is 0 Å². The molecule has 0 bridgehead atoms. The highest BCUT2D eigenvalue weighted by Crippen LogP contribution is 2.15. The van der Waals surface area contributed by atoms with Gasteiger partial charge in [0.25, 0.3) is 5.91 Å². The SMILES string of the molecule is Cc1ccc(C(=O)NCCC(=O)c2cc(C)ccc2N)cc1. The first-order valence-electron chi connectivity index (χ1n) is 7.21. The Hall–Kier alpha value is -2.62. The highest BCUT2D eigenvalue weighted by atomic mass is 16.1. The number of carbonyl (C=O) groups is 2. The van der Waals surface area contributed by atoms with Crippen LogP contribution in [0.15, 0.2) is 42.5 Å². The number of hydrogen-bond acceptors (Lipinski definition) is 3. The van der Waals surface area contributed by atoms with Crippen LogP contribution in [0.5, 0.6) is 0 Å². The Morgan fingerprint density at radius 2 is 1.64 bits per heavy atom. The summed E-state index contributed by atoms with van der Waals surface area (Å²) in [6.07, 6.45) is 0.227. The van der Waals surface area contributed by atoms with Gasteiger partial charge >= 0.3 is 0 Å². The van der Waals surface area contributed by atoms with Gasteiger partial charge in [0.2, 0.25) is 0 Å². The highest BCUT2D eigenvalue weighted by Gasteiger charge is 2.11. The first-order chi connectivity index (χ1) is 10.5. The van der Waals surface area contributed by atoms with Gasteiger partial charge < -0.3 is 11.1 Å². The smallest absolute Gasteiger partial charge is 0.251 e. The number of hydrogen-bond donors (Lipinski definition) is 2. The zero-order valence-electron chi connectivity index (χ0n) is 12.8. The van der Waals surface area contributed by atoms with Crippen LogP contribution in [0.1, 0.15) is 38.3 Å². The van der Waals surface area contributed by atoms with Gasteiger partial charge in [0.1, 0.15) is 0 Å². The molecule has 0 heterocycles. The van der Waals surface area contributed by atoms with Crippen LogP contribution in [0.4, 0.5) is 5.69 Å². The van der Waals surface area contributed by atoms with Gasteiger partial charge in [0.05, 0.1) is 0 Å². The molecule has 3 N–H and O–H groups in total. The topological polar surface area (TPSA) is 72.2 Å². The number of amides is 1. The Kier molecular flexibility index (Phi) is 4.94. The van der Waals surface area contributed by atoms with E-state index in [1.807, 2.05) is 32.0 Å². The van der Waals surface area contributed by atoms with Crippen molar-refractivity contribution < 1.29 is 9.59 Å². The number of benzene rings is 2. The lowest BCUT2D eigenvalue weighted by Crippen LogP contribution is -2.26. The molecule has 0 aliphatic heterocycles. The minimum atomic E-state index is -0.176. The van der Waals surface area contributed by atoms with Crippen molar-refractivity contribution in [3.8, 4) is 0 Å². The van der Waals surface area contributed by atoms with Gasteiger partial charge in [-0.25, -0.2) is 0 Å². The Morgan fingerprint density at radius 1 is 1.00 bits per heavy atom. The van der Waals surface area contributed by atoms with E-state index in [4.69, 9.17) is 5.73 Å². The molecular formula is C18H20N2O2. The standard InChI is InChI=1S/C18H20N2O2/c1-12-3-6-14(7-4-12)18(22)20-10-9-17(21)15-11-13(2)5-8-16(15)19/h3-8,11H,9-10,19H2,1-2H3,(H,20,22). The second-order valence-electron chi connectivity index (χ2n) is 5.39. The van der Waals surface area contributed by atoms with E-state index in [2.05, 4.69) is 5.32 Å². The van der Waals surface area contributed by atoms with Crippen molar-refractivity contribution in [2.45, 2.75) is 20.3 Å². The van der Waals surface area contributed by atoms with Crippen LogP contribution in [0, 0.1) is 13.8 Å². The Balaban J connectivity index is 1.90. The lowest BCUT2D eigenvalue weighted by molar-refractivity contribution is 0.0940. The zero-order valence-corrected chi connectivity index (χ0v) is 12.8. The minimum absolute atomic E-state index is 0.0644. The molecule has 2 rings (SSSR count). The second-order valence-corrected chi connectivity index (χ2v) is 5.39. The Morgan fingerprint density at radius 3 is 2.32 bits per heavy atom. The summed E-state index contributed by atoms with van der Waals surface area (Å²) < 4.78 is 0. The predicted octanol–water partition coefficient (Wildman–Crippen LogP) is 2.89. The summed E-state index contributed by atoms with van der Waals surface area (Å²) >= 11 is 0. The molecule has 0 radical (unpaired) electrons. The monoisotopic (exact) mass is 296 g/mol. The van der Waals surface area contributed by atoms with E-state index < -0.39 is 0 Å². The maximum absolute atomic E-state index is 12.1. The summed E-state index contributed by atoms with van der Waals surface area (Å²) in [6.45, 7) is 4.17. The molecule has 22 heavy (non-hydrogen) atoms. The van der Waals surface area contributed by atoms with Crippen molar-refractivity contribution in [3.63, 3.8) is 0 Å². The normalized spacial score (nSPS) is 10.3. The maximum Gasteiger partial charge on any atom is 0.251 e. The lowest BCUT2D eigenvalue weighted by atomic mass is 10.0. The number of carbonyl (C=O) groups excluding carboxylic acids is 2. The molecule has 0 unspecified atom stereocenters. The summed E-state index contributed by atoms with van der Waals surface area (Å²) in [6, 6.07) is 12.7. The number of aryl methyl sites for hydroxylation is 2. The molecule has 2 aromatic carbocycles. The van der Waals surface area contributed by atoms with Gasteiger partial charge in [-0.15, -0.1) is 0 Å². The number of ketones is 1. The van der Waals surface area contributed by atoms with Gasteiger partial charge in [-0.1, -0.05) is 29.3 Å². The summed E-state index contributed by atoms with van der Waals surface area (Å²) in [5.74, 6) is -0.240. The van der Waals surface area contributed by atoms with Crippen LogP contribution in [-0.4, -0.2) is 18.2 Å². The fraction of sp³-hybridized carbons (Fsp3) is 0.222. The van der Waals surface area contributed by atoms with Gasteiger partial charge in [0, 0.05) is 29.8 Å². The second kappa shape index (κ2) is 6.89. The fourth-order valence-electron chi connectivity index (χ4n) is 2.14. The van der Waals surface area contributed by atoms with Crippen molar-refractivity contribution >= 4 is 17.4 Å². The number of nitrogens with two attached hydrogens (primary N) is 1. The maximum atomic E-state index is 12.1. The third-order valence-electron chi connectivity index (χ3n) is 3.46. The van der Waals surface area contributed by atoms with Gasteiger partial charge in [-0.05, 0) is 38.1 Å². The van der Waals surface area contributed by atoms with Crippen molar-refractivity contribution in [2.75, 3.05) is 12.3 Å². The molecule has 4 heteroatoms. The third kappa shape index (κ3) is 3.95. The molecule has 0 aromatic heterocycles. The average Bonchev–Trinajstić information content (AvgIpc) is 2.50. The van der Waals surface area contributed by atoms with E-state index in [0.29, 0.717) is 23.4 Å². The molecule has 0 saturated heterocycles. The number of rotatable bonds is 5. The number of anilines is 1. The van der Waals surface area contributed by atoms with Gasteiger partial charge in [-0.2, -0.15) is 0 Å². The first-order valence-corrected chi connectivity index (χ1v) is 7.21. The molecule has 0 spiro atoms. The minimum Gasteiger partial charge on any atom is -0.398 e. The summed E-state index contributed by atoms with van der Waals surface area (Å²) in [4.78, 5) is 24.1. The van der Waals surface area contributed by atoms with Gasteiger partial charge in [-0.3, -0.25) is 9.59 Å². The molecule has 2 aromatic rings. The van der Waals surface area contributed by atoms with Crippen LogP contribution in [0.2, 0.25) is 0 Å². The molecule has 0 aliphatic carbocycles. The van der Waals surface area contributed by atoms with E-state index in [1.54, 1.807) is 24.3 Å². The molecule has 0 fully saturated rings. The van der Waals surface area contributed by atoms with Crippen LogP contribution in [-0.2, 0) is 0 Å². The third-order valence-corrected chi connectivity index (χ3v) is 3.46. The van der Waals surface area contributed by atoms with Crippen LogP contribution < -0.4 is 11.1 Å². The number of nitrogens with one attached hydrogen (secondary N) is 1. The van der Waals surface area contributed by atoms with E-state index >= 15 is 0 Å². The Labute approximate surface area is 130 Å². The average molecular weight is 296 g/mol. The Bertz CT molecular complexity index is 691. The largest absolute Gasteiger partial charge is 0.398 e. The molecule has 0 aliphatic rings.